The third kappa shape index (κ3) is 6.16. The number of nitrogens with zero attached hydrogens (tertiary/aromatic N) is 1. The molecule has 6 nitrogen and oxygen atoms in total. The summed E-state index contributed by atoms with van der Waals surface area (Å²) >= 11 is 0. The molecule has 0 amide bonds. The van der Waals surface area contributed by atoms with Crippen LogP contribution in [0.4, 0.5) is 0 Å². The Hall–Kier alpha value is -0.960. The van der Waals surface area contributed by atoms with Crippen LogP contribution in [0.15, 0.2) is 34.1 Å². The molecule has 1 aromatic carbocycles. The topological polar surface area (TPSA) is 83.5 Å². The second-order valence-corrected chi connectivity index (χ2v) is 10.1. The number of hydrogen-bond acceptors (Lipinski definition) is 5. The summed E-state index contributed by atoms with van der Waals surface area (Å²) in [6.45, 7) is 7.07. The molecule has 0 radical (unpaired) electrons. The van der Waals surface area contributed by atoms with Crippen LogP contribution in [0.5, 0.6) is 0 Å². The molecule has 0 saturated heterocycles. The van der Waals surface area contributed by atoms with Crippen LogP contribution in [0.25, 0.3) is 0 Å². The van der Waals surface area contributed by atoms with E-state index < -0.39 is 19.9 Å². The molecule has 138 valence electrons. The van der Waals surface area contributed by atoms with Crippen molar-refractivity contribution in [1.82, 2.24) is 9.62 Å². The lowest BCUT2D eigenvalue weighted by molar-refractivity contribution is 0.268. The summed E-state index contributed by atoms with van der Waals surface area (Å²) in [7, 11) is -4.88. The normalized spacial score (nSPS) is 12.9. The summed E-state index contributed by atoms with van der Waals surface area (Å²) < 4.78 is 50.4. The predicted molar refractivity (Wildman–Crippen MR) is 96.4 cm³/mol. The first-order valence-corrected chi connectivity index (χ1v) is 11.3. The van der Waals surface area contributed by atoms with Gasteiger partial charge in [0, 0.05) is 12.6 Å². The smallest absolute Gasteiger partial charge is 0.240 e. The molecule has 0 saturated carbocycles. The fourth-order valence-electron chi connectivity index (χ4n) is 2.03. The molecule has 0 fully saturated rings. The van der Waals surface area contributed by atoms with Gasteiger partial charge < -0.3 is 4.90 Å². The molecule has 0 heterocycles. The SMILES string of the molecule is CCS(=O)(=O)c1ccc(S(=O)(=O)NCCCCN(C)C(C)C)cc1. The average Bonchev–Trinajstić information content (AvgIpc) is 2.54. The van der Waals surface area contributed by atoms with Crippen LogP contribution in [0.3, 0.4) is 0 Å². The minimum absolute atomic E-state index is 0.0117. The van der Waals surface area contributed by atoms with Crippen LogP contribution < -0.4 is 4.72 Å². The van der Waals surface area contributed by atoms with Crippen LogP contribution in [-0.4, -0.2) is 53.7 Å². The molecule has 0 aliphatic rings. The van der Waals surface area contributed by atoms with E-state index >= 15 is 0 Å². The number of hydrogen-bond donors (Lipinski definition) is 1. The fraction of sp³-hybridized carbons (Fsp3) is 0.625. The minimum Gasteiger partial charge on any atom is -0.304 e. The van der Waals surface area contributed by atoms with E-state index in [0.29, 0.717) is 12.6 Å². The van der Waals surface area contributed by atoms with Crippen molar-refractivity contribution in [2.75, 3.05) is 25.9 Å². The van der Waals surface area contributed by atoms with Gasteiger partial charge in [-0.05, 0) is 64.5 Å². The quantitative estimate of drug-likeness (QED) is 0.630. The van der Waals surface area contributed by atoms with Crippen molar-refractivity contribution in [3.8, 4) is 0 Å². The van der Waals surface area contributed by atoms with E-state index in [4.69, 9.17) is 0 Å². The fourth-order valence-corrected chi connectivity index (χ4v) is 3.99. The van der Waals surface area contributed by atoms with E-state index in [9.17, 15) is 16.8 Å². The van der Waals surface area contributed by atoms with Gasteiger partial charge in [-0.2, -0.15) is 0 Å². The van der Waals surface area contributed by atoms with E-state index in [1.165, 1.54) is 24.3 Å². The molecule has 8 heteroatoms. The highest BCUT2D eigenvalue weighted by Gasteiger charge is 2.16. The summed E-state index contributed by atoms with van der Waals surface area (Å²) in [5, 5.41) is 0. The lowest BCUT2D eigenvalue weighted by Gasteiger charge is -2.20. The Morgan fingerprint density at radius 3 is 2.04 bits per heavy atom. The number of unbranched alkanes of at least 4 members (excludes halogenated alkanes) is 1. The molecule has 0 atom stereocenters. The van der Waals surface area contributed by atoms with Gasteiger partial charge in [0.15, 0.2) is 9.84 Å². The summed E-state index contributed by atoms with van der Waals surface area (Å²) in [6, 6.07) is 5.81. The maximum Gasteiger partial charge on any atom is 0.240 e. The van der Waals surface area contributed by atoms with Crippen molar-refractivity contribution in [3.05, 3.63) is 24.3 Å². The summed E-state index contributed by atoms with van der Waals surface area (Å²) in [6.07, 6.45) is 1.66. The molecule has 1 N–H and O–H groups in total. The van der Waals surface area contributed by atoms with Crippen molar-refractivity contribution in [3.63, 3.8) is 0 Å². The van der Waals surface area contributed by atoms with Gasteiger partial charge in [-0.3, -0.25) is 0 Å². The molecule has 0 aromatic heterocycles. The van der Waals surface area contributed by atoms with Crippen LogP contribution in [0.1, 0.15) is 33.6 Å². The Bertz CT molecular complexity index is 711. The third-order valence-corrected chi connectivity index (χ3v) is 7.21. The molecule has 0 aliphatic heterocycles. The van der Waals surface area contributed by atoms with Gasteiger partial charge in [0.1, 0.15) is 0 Å². The van der Waals surface area contributed by atoms with Crippen molar-refractivity contribution < 1.29 is 16.8 Å². The molecule has 0 aliphatic carbocycles. The molecule has 0 spiro atoms. The zero-order valence-corrected chi connectivity index (χ0v) is 16.5. The van der Waals surface area contributed by atoms with Crippen molar-refractivity contribution in [2.24, 2.45) is 0 Å². The number of sulfone groups is 1. The van der Waals surface area contributed by atoms with Gasteiger partial charge in [-0.25, -0.2) is 21.6 Å². The second kappa shape index (κ2) is 8.94. The zero-order valence-electron chi connectivity index (χ0n) is 14.8. The first kappa shape index (κ1) is 21.1. The molecule has 0 unspecified atom stereocenters. The predicted octanol–water partition coefficient (Wildman–Crippen LogP) is 1.88. The third-order valence-electron chi connectivity index (χ3n) is 3.98. The summed E-state index contributed by atoms with van der Waals surface area (Å²) in [5.74, 6) is -0.0117. The van der Waals surface area contributed by atoms with Gasteiger partial charge >= 0.3 is 0 Å². The minimum atomic E-state index is -3.60. The van der Waals surface area contributed by atoms with Crippen molar-refractivity contribution in [1.29, 1.82) is 0 Å². The highest BCUT2D eigenvalue weighted by atomic mass is 32.2. The van der Waals surface area contributed by atoms with Crippen molar-refractivity contribution >= 4 is 19.9 Å². The molecular formula is C16H28N2O4S2. The molecule has 24 heavy (non-hydrogen) atoms. The Balaban J connectivity index is 2.57. The number of benzene rings is 1. The first-order valence-electron chi connectivity index (χ1n) is 8.13. The van der Waals surface area contributed by atoms with Crippen LogP contribution >= 0.6 is 0 Å². The van der Waals surface area contributed by atoms with Crippen molar-refractivity contribution in [2.45, 2.75) is 49.4 Å². The van der Waals surface area contributed by atoms with Gasteiger partial charge in [-0.1, -0.05) is 6.92 Å². The van der Waals surface area contributed by atoms with E-state index in [2.05, 4.69) is 23.5 Å². The summed E-state index contributed by atoms with van der Waals surface area (Å²) in [4.78, 5) is 2.43. The second-order valence-electron chi connectivity index (χ2n) is 6.05. The van der Waals surface area contributed by atoms with E-state index in [1.807, 2.05) is 7.05 Å². The highest BCUT2D eigenvalue weighted by molar-refractivity contribution is 7.91. The van der Waals surface area contributed by atoms with Gasteiger partial charge in [-0.15, -0.1) is 0 Å². The van der Waals surface area contributed by atoms with Gasteiger partial charge in [0.05, 0.1) is 15.5 Å². The maximum absolute atomic E-state index is 12.2. The maximum atomic E-state index is 12.2. The Labute approximate surface area is 146 Å². The number of nitrogens with one attached hydrogen (secondary N) is 1. The molecule has 1 aromatic rings. The Morgan fingerprint density at radius 2 is 1.54 bits per heavy atom. The van der Waals surface area contributed by atoms with E-state index in [0.717, 1.165) is 19.4 Å². The summed E-state index contributed by atoms with van der Waals surface area (Å²) in [5.41, 5.74) is 0. The lowest BCUT2D eigenvalue weighted by atomic mass is 10.2. The van der Waals surface area contributed by atoms with E-state index in [1.54, 1.807) is 6.92 Å². The standard InChI is InChI=1S/C16H28N2O4S2/c1-5-23(19,20)15-8-10-16(11-9-15)24(21,22)17-12-6-7-13-18(4)14(2)3/h8-11,14,17H,5-7,12-13H2,1-4H3. The van der Waals surface area contributed by atoms with Gasteiger partial charge in [0.25, 0.3) is 0 Å². The number of rotatable bonds is 10. The first-order chi connectivity index (χ1) is 11.1. The van der Waals surface area contributed by atoms with E-state index in [-0.39, 0.29) is 15.5 Å². The Morgan fingerprint density at radius 1 is 1.00 bits per heavy atom. The Kier molecular flexibility index (Phi) is 7.85. The monoisotopic (exact) mass is 376 g/mol. The molecular weight excluding hydrogens is 348 g/mol. The largest absolute Gasteiger partial charge is 0.304 e. The molecule has 1 rings (SSSR count). The van der Waals surface area contributed by atoms with Gasteiger partial charge in [0.2, 0.25) is 10.0 Å². The number of sulfonamides is 1. The molecule has 0 bridgehead atoms. The van der Waals surface area contributed by atoms with Crippen LogP contribution in [0.2, 0.25) is 0 Å². The van der Waals surface area contributed by atoms with Crippen LogP contribution in [0, 0.1) is 0 Å². The average molecular weight is 377 g/mol. The van der Waals surface area contributed by atoms with Crippen LogP contribution in [-0.2, 0) is 19.9 Å². The lowest BCUT2D eigenvalue weighted by Crippen LogP contribution is -2.29. The highest BCUT2D eigenvalue weighted by Crippen LogP contribution is 2.15. The zero-order chi connectivity index (χ0) is 18.4.